The highest BCUT2D eigenvalue weighted by molar-refractivity contribution is 5.94. The summed E-state index contributed by atoms with van der Waals surface area (Å²) in [6.45, 7) is 2.20. The van der Waals surface area contributed by atoms with Crippen LogP contribution in [0.1, 0.15) is 12.5 Å². The van der Waals surface area contributed by atoms with Crippen LogP contribution in [-0.4, -0.2) is 37.3 Å². The van der Waals surface area contributed by atoms with Gasteiger partial charge in [0, 0.05) is 12.7 Å². The van der Waals surface area contributed by atoms with Gasteiger partial charge in [0.15, 0.2) is 0 Å². The standard InChI is InChI=1S/C14H17NO5/c1-3-20-9-13(16)15-11-8-10(5-7-14(17)18)4-6-12(11)19-2/h4-8H,3,9H2,1-2H3,(H,15,16)(H,17,18). The van der Waals surface area contributed by atoms with Gasteiger partial charge in [0.25, 0.3) is 0 Å². The van der Waals surface area contributed by atoms with Crippen LogP contribution in [0, 0.1) is 0 Å². The van der Waals surface area contributed by atoms with E-state index >= 15 is 0 Å². The summed E-state index contributed by atoms with van der Waals surface area (Å²) in [6, 6.07) is 4.97. The molecule has 0 aromatic heterocycles. The molecular weight excluding hydrogens is 262 g/mol. The monoisotopic (exact) mass is 279 g/mol. The molecule has 20 heavy (non-hydrogen) atoms. The van der Waals surface area contributed by atoms with E-state index in [4.69, 9.17) is 14.6 Å². The van der Waals surface area contributed by atoms with E-state index in [-0.39, 0.29) is 12.5 Å². The lowest BCUT2D eigenvalue weighted by atomic mass is 10.1. The van der Waals surface area contributed by atoms with Gasteiger partial charge in [-0.3, -0.25) is 4.79 Å². The maximum Gasteiger partial charge on any atom is 0.328 e. The van der Waals surface area contributed by atoms with Gasteiger partial charge < -0.3 is 19.9 Å². The van der Waals surface area contributed by atoms with E-state index in [0.29, 0.717) is 23.6 Å². The molecule has 2 N–H and O–H groups in total. The minimum atomic E-state index is -1.04. The van der Waals surface area contributed by atoms with E-state index in [1.54, 1.807) is 25.1 Å². The lowest BCUT2D eigenvalue weighted by molar-refractivity contribution is -0.131. The molecule has 0 heterocycles. The largest absolute Gasteiger partial charge is 0.495 e. The van der Waals surface area contributed by atoms with Gasteiger partial charge in [0.1, 0.15) is 12.4 Å². The van der Waals surface area contributed by atoms with Crippen molar-refractivity contribution in [2.75, 3.05) is 25.6 Å². The van der Waals surface area contributed by atoms with E-state index in [1.165, 1.54) is 13.2 Å². The minimum Gasteiger partial charge on any atom is -0.495 e. The quantitative estimate of drug-likeness (QED) is 0.743. The smallest absolute Gasteiger partial charge is 0.328 e. The lowest BCUT2D eigenvalue weighted by Crippen LogP contribution is -2.18. The van der Waals surface area contributed by atoms with E-state index < -0.39 is 5.97 Å². The van der Waals surface area contributed by atoms with Crippen LogP contribution in [0.2, 0.25) is 0 Å². The van der Waals surface area contributed by atoms with Gasteiger partial charge in [0.2, 0.25) is 5.91 Å². The summed E-state index contributed by atoms with van der Waals surface area (Å²) in [5.41, 5.74) is 1.10. The SMILES string of the molecule is CCOCC(=O)Nc1cc(C=CC(=O)O)ccc1OC. The first kappa shape index (κ1) is 15.7. The highest BCUT2D eigenvalue weighted by Gasteiger charge is 2.08. The molecule has 0 unspecified atom stereocenters. The summed E-state index contributed by atoms with van der Waals surface area (Å²) in [4.78, 5) is 22.1. The Kier molecular flexibility index (Phi) is 6.25. The van der Waals surface area contributed by atoms with E-state index in [9.17, 15) is 9.59 Å². The number of carboxylic acid groups (broad SMARTS) is 1. The van der Waals surface area contributed by atoms with Crippen molar-refractivity contribution in [3.8, 4) is 5.75 Å². The first-order valence-electron chi connectivity index (χ1n) is 6.03. The van der Waals surface area contributed by atoms with Crippen LogP contribution in [-0.2, 0) is 14.3 Å². The van der Waals surface area contributed by atoms with Crippen LogP contribution < -0.4 is 10.1 Å². The van der Waals surface area contributed by atoms with E-state index in [2.05, 4.69) is 5.32 Å². The minimum absolute atomic E-state index is 0.0468. The van der Waals surface area contributed by atoms with Gasteiger partial charge in [-0.2, -0.15) is 0 Å². The van der Waals surface area contributed by atoms with Gasteiger partial charge in [0.05, 0.1) is 12.8 Å². The Labute approximate surface area is 117 Å². The molecule has 6 nitrogen and oxygen atoms in total. The number of carbonyl (C=O) groups is 2. The van der Waals surface area contributed by atoms with Crippen LogP contribution in [0.15, 0.2) is 24.3 Å². The molecule has 0 radical (unpaired) electrons. The molecule has 0 atom stereocenters. The van der Waals surface area contributed by atoms with Crippen molar-refractivity contribution in [1.29, 1.82) is 0 Å². The van der Waals surface area contributed by atoms with Crippen molar-refractivity contribution in [2.45, 2.75) is 6.92 Å². The molecule has 0 aliphatic heterocycles. The first-order chi connectivity index (χ1) is 9.56. The Hall–Kier alpha value is -2.34. The first-order valence-corrected chi connectivity index (χ1v) is 6.03. The molecule has 0 fully saturated rings. The Balaban J connectivity index is 2.88. The predicted molar refractivity (Wildman–Crippen MR) is 74.8 cm³/mol. The van der Waals surface area contributed by atoms with Gasteiger partial charge in [-0.1, -0.05) is 6.07 Å². The molecule has 1 aromatic carbocycles. The normalized spacial score (nSPS) is 10.5. The highest BCUT2D eigenvalue weighted by Crippen LogP contribution is 2.26. The molecule has 1 aromatic rings. The number of hydrogen-bond acceptors (Lipinski definition) is 4. The Morgan fingerprint density at radius 1 is 1.40 bits per heavy atom. The van der Waals surface area contributed by atoms with Gasteiger partial charge >= 0.3 is 5.97 Å². The number of amides is 1. The zero-order chi connectivity index (χ0) is 15.0. The third-order valence-corrected chi connectivity index (χ3v) is 2.35. The van der Waals surface area contributed by atoms with Gasteiger partial charge in [-0.15, -0.1) is 0 Å². The number of methoxy groups -OCH3 is 1. The molecule has 1 amide bonds. The van der Waals surface area contributed by atoms with Gasteiger partial charge in [-0.25, -0.2) is 4.79 Å². The summed E-state index contributed by atoms with van der Waals surface area (Å²) in [5.74, 6) is -0.852. The molecular formula is C14H17NO5. The third-order valence-electron chi connectivity index (χ3n) is 2.35. The second-order valence-electron chi connectivity index (χ2n) is 3.82. The molecule has 0 aliphatic rings. The van der Waals surface area contributed by atoms with Crippen LogP contribution >= 0.6 is 0 Å². The average Bonchev–Trinajstić information content (AvgIpc) is 2.43. The molecule has 0 saturated heterocycles. The highest BCUT2D eigenvalue weighted by atomic mass is 16.5. The number of benzene rings is 1. The summed E-state index contributed by atoms with van der Waals surface area (Å²) >= 11 is 0. The summed E-state index contributed by atoms with van der Waals surface area (Å²) in [7, 11) is 1.49. The molecule has 0 aliphatic carbocycles. The molecule has 1 rings (SSSR count). The predicted octanol–water partition coefficient (Wildman–Crippen LogP) is 1.77. The van der Waals surface area contributed by atoms with Crippen molar-refractivity contribution in [1.82, 2.24) is 0 Å². The number of hydrogen-bond donors (Lipinski definition) is 2. The number of ether oxygens (including phenoxy) is 2. The van der Waals surface area contributed by atoms with Crippen molar-refractivity contribution in [3.05, 3.63) is 29.8 Å². The van der Waals surface area contributed by atoms with Crippen LogP contribution in [0.25, 0.3) is 6.08 Å². The molecule has 0 bridgehead atoms. The topological polar surface area (TPSA) is 84.9 Å². The molecule has 108 valence electrons. The van der Waals surface area contributed by atoms with Gasteiger partial charge in [-0.05, 0) is 30.7 Å². The van der Waals surface area contributed by atoms with Crippen molar-refractivity contribution in [3.63, 3.8) is 0 Å². The fourth-order valence-electron chi connectivity index (χ4n) is 1.48. The number of nitrogens with one attached hydrogen (secondary N) is 1. The number of aliphatic carboxylic acids is 1. The van der Waals surface area contributed by atoms with E-state index in [0.717, 1.165) is 6.08 Å². The maximum atomic E-state index is 11.6. The lowest BCUT2D eigenvalue weighted by Gasteiger charge is -2.11. The van der Waals surface area contributed by atoms with Crippen LogP contribution in [0.3, 0.4) is 0 Å². The molecule has 6 heteroatoms. The summed E-state index contributed by atoms with van der Waals surface area (Å²) in [6.07, 6.45) is 2.45. The second-order valence-corrected chi connectivity index (χ2v) is 3.82. The average molecular weight is 279 g/mol. The molecule has 0 spiro atoms. The van der Waals surface area contributed by atoms with Crippen molar-refractivity contribution in [2.24, 2.45) is 0 Å². The van der Waals surface area contributed by atoms with Crippen molar-refractivity contribution >= 4 is 23.6 Å². The number of rotatable bonds is 7. The summed E-state index contributed by atoms with van der Waals surface area (Å²) in [5, 5.41) is 11.2. The Morgan fingerprint density at radius 3 is 2.75 bits per heavy atom. The fourth-order valence-corrected chi connectivity index (χ4v) is 1.48. The van der Waals surface area contributed by atoms with Crippen LogP contribution in [0.4, 0.5) is 5.69 Å². The zero-order valence-corrected chi connectivity index (χ0v) is 11.4. The van der Waals surface area contributed by atoms with Crippen LogP contribution in [0.5, 0.6) is 5.75 Å². The van der Waals surface area contributed by atoms with Crippen molar-refractivity contribution < 1.29 is 24.2 Å². The fraction of sp³-hybridized carbons (Fsp3) is 0.286. The second kappa shape index (κ2) is 7.96. The molecule has 0 saturated carbocycles. The number of carboxylic acids is 1. The number of anilines is 1. The maximum absolute atomic E-state index is 11.6. The summed E-state index contributed by atoms with van der Waals surface area (Å²) < 4.78 is 10.1. The Bertz CT molecular complexity index is 510. The third kappa shape index (κ3) is 5.11. The Morgan fingerprint density at radius 2 is 2.15 bits per heavy atom. The number of carbonyl (C=O) groups excluding carboxylic acids is 1. The van der Waals surface area contributed by atoms with E-state index in [1.807, 2.05) is 0 Å². The zero-order valence-electron chi connectivity index (χ0n) is 11.4.